The van der Waals surface area contributed by atoms with E-state index < -0.39 is 0 Å². The molecule has 0 spiro atoms. The highest BCUT2D eigenvalue weighted by molar-refractivity contribution is 5.59. The van der Waals surface area contributed by atoms with Gasteiger partial charge in [0.05, 0.1) is 30.2 Å². The third kappa shape index (κ3) is 2.34. The lowest BCUT2D eigenvalue weighted by atomic mass is 10.2. The third-order valence-corrected chi connectivity index (χ3v) is 3.48. The SMILES string of the molecule is Cc1nn(CCO)c(C)c1-n1ccnc1-c1ccncc1. The molecule has 0 amide bonds. The van der Waals surface area contributed by atoms with Gasteiger partial charge in [0.25, 0.3) is 0 Å². The van der Waals surface area contributed by atoms with Crippen molar-refractivity contribution in [1.29, 1.82) is 0 Å². The molecule has 0 saturated carbocycles. The Bertz CT molecular complexity index is 745. The van der Waals surface area contributed by atoms with Crippen LogP contribution >= 0.6 is 0 Å². The van der Waals surface area contributed by atoms with Crippen LogP contribution in [-0.4, -0.2) is 36.0 Å². The van der Waals surface area contributed by atoms with Gasteiger partial charge < -0.3 is 5.11 Å². The minimum Gasteiger partial charge on any atom is -0.394 e. The molecule has 21 heavy (non-hydrogen) atoms. The smallest absolute Gasteiger partial charge is 0.144 e. The molecular weight excluding hydrogens is 266 g/mol. The van der Waals surface area contributed by atoms with E-state index in [-0.39, 0.29) is 6.61 Å². The minimum atomic E-state index is 0.0720. The van der Waals surface area contributed by atoms with Gasteiger partial charge in [-0.25, -0.2) is 4.98 Å². The molecule has 3 heterocycles. The van der Waals surface area contributed by atoms with E-state index in [1.165, 1.54) is 0 Å². The van der Waals surface area contributed by atoms with E-state index in [0.29, 0.717) is 6.54 Å². The van der Waals surface area contributed by atoms with Crippen molar-refractivity contribution < 1.29 is 5.11 Å². The molecule has 108 valence electrons. The summed E-state index contributed by atoms with van der Waals surface area (Å²) in [4.78, 5) is 8.49. The second-order valence-corrected chi connectivity index (χ2v) is 4.82. The van der Waals surface area contributed by atoms with Crippen molar-refractivity contribution in [1.82, 2.24) is 24.3 Å². The summed E-state index contributed by atoms with van der Waals surface area (Å²) in [5.41, 5.74) is 3.93. The zero-order chi connectivity index (χ0) is 14.8. The zero-order valence-electron chi connectivity index (χ0n) is 12.1. The van der Waals surface area contributed by atoms with E-state index in [2.05, 4.69) is 15.1 Å². The van der Waals surface area contributed by atoms with E-state index in [0.717, 1.165) is 28.5 Å². The Kier molecular flexibility index (Phi) is 3.53. The lowest BCUT2D eigenvalue weighted by Crippen LogP contribution is -2.06. The van der Waals surface area contributed by atoms with Crippen molar-refractivity contribution in [3.8, 4) is 17.1 Å². The largest absolute Gasteiger partial charge is 0.394 e. The highest BCUT2D eigenvalue weighted by Gasteiger charge is 2.16. The molecule has 0 aromatic carbocycles. The Morgan fingerprint density at radius 3 is 2.62 bits per heavy atom. The lowest BCUT2D eigenvalue weighted by molar-refractivity contribution is 0.268. The summed E-state index contributed by atoms with van der Waals surface area (Å²) in [5, 5.41) is 13.6. The molecule has 3 aromatic rings. The van der Waals surface area contributed by atoms with E-state index in [1.807, 2.05) is 41.4 Å². The first kappa shape index (κ1) is 13.5. The normalized spacial score (nSPS) is 11.0. The van der Waals surface area contributed by atoms with Crippen LogP contribution in [0.4, 0.5) is 0 Å². The topological polar surface area (TPSA) is 68.8 Å². The zero-order valence-corrected chi connectivity index (χ0v) is 12.1. The predicted octanol–water partition coefficient (Wildman–Crippen LogP) is 1.74. The quantitative estimate of drug-likeness (QED) is 0.792. The van der Waals surface area contributed by atoms with Gasteiger partial charge in [0.2, 0.25) is 0 Å². The summed E-state index contributed by atoms with van der Waals surface area (Å²) in [7, 11) is 0. The molecule has 0 bridgehead atoms. The third-order valence-electron chi connectivity index (χ3n) is 3.48. The number of rotatable bonds is 4. The van der Waals surface area contributed by atoms with Crippen LogP contribution in [0.1, 0.15) is 11.4 Å². The first-order valence-corrected chi connectivity index (χ1v) is 6.81. The molecule has 1 N–H and O–H groups in total. The van der Waals surface area contributed by atoms with E-state index >= 15 is 0 Å². The van der Waals surface area contributed by atoms with Crippen LogP contribution in [0.2, 0.25) is 0 Å². The predicted molar refractivity (Wildman–Crippen MR) is 79.1 cm³/mol. The van der Waals surface area contributed by atoms with Crippen molar-refractivity contribution in [2.45, 2.75) is 20.4 Å². The number of aliphatic hydroxyl groups is 1. The summed E-state index contributed by atoms with van der Waals surface area (Å²) in [6.07, 6.45) is 7.21. The molecule has 6 nitrogen and oxygen atoms in total. The summed E-state index contributed by atoms with van der Waals surface area (Å²) >= 11 is 0. The highest BCUT2D eigenvalue weighted by Crippen LogP contribution is 2.25. The average molecular weight is 283 g/mol. The molecule has 0 saturated heterocycles. The lowest BCUT2D eigenvalue weighted by Gasteiger charge is -2.09. The van der Waals surface area contributed by atoms with E-state index in [9.17, 15) is 0 Å². The van der Waals surface area contributed by atoms with Gasteiger partial charge in [-0.1, -0.05) is 0 Å². The van der Waals surface area contributed by atoms with Crippen molar-refractivity contribution in [3.63, 3.8) is 0 Å². The Hall–Kier alpha value is -2.47. The summed E-state index contributed by atoms with van der Waals surface area (Å²) in [6, 6.07) is 3.86. The minimum absolute atomic E-state index is 0.0720. The number of nitrogens with zero attached hydrogens (tertiary/aromatic N) is 5. The summed E-state index contributed by atoms with van der Waals surface area (Å²) < 4.78 is 3.85. The monoisotopic (exact) mass is 283 g/mol. The number of pyridine rings is 1. The fraction of sp³-hybridized carbons (Fsp3) is 0.267. The van der Waals surface area contributed by atoms with Crippen LogP contribution in [0.15, 0.2) is 36.9 Å². The Morgan fingerprint density at radius 2 is 1.90 bits per heavy atom. The molecule has 0 unspecified atom stereocenters. The highest BCUT2D eigenvalue weighted by atomic mass is 16.3. The Balaban J connectivity index is 2.13. The molecule has 3 rings (SSSR count). The molecule has 0 aliphatic rings. The van der Waals surface area contributed by atoms with Crippen LogP contribution in [-0.2, 0) is 6.54 Å². The molecule has 0 atom stereocenters. The van der Waals surface area contributed by atoms with Gasteiger partial charge in [0.1, 0.15) is 5.82 Å². The number of aryl methyl sites for hydroxylation is 1. The van der Waals surface area contributed by atoms with Crippen LogP contribution in [0.25, 0.3) is 17.1 Å². The average Bonchev–Trinajstić information content (AvgIpc) is 3.06. The van der Waals surface area contributed by atoms with Gasteiger partial charge in [-0.15, -0.1) is 0 Å². The van der Waals surface area contributed by atoms with Crippen molar-refractivity contribution >= 4 is 0 Å². The van der Waals surface area contributed by atoms with Crippen molar-refractivity contribution in [2.75, 3.05) is 6.61 Å². The number of aromatic nitrogens is 5. The van der Waals surface area contributed by atoms with Gasteiger partial charge in [0.15, 0.2) is 0 Å². The van der Waals surface area contributed by atoms with Crippen molar-refractivity contribution in [2.24, 2.45) is 0 Å². The molecule has 0 radical (unpaired) electrons. The number of hydrogen-bond acceptors (Lipinski definition) is 4. The maximum absolute atomic E-state index is 9.12. The van der Waals surface area contributed by atoms with Gasteiger partial charge >= 0.3 is 0 Å². The first-order valence-electron chi connectivity index (χ1n) is 6.81. The number of aliphatic hydroxyl groups excluding tert-OH is 1. The molecule has 0 aliphatic heterocycles. The van der Waals surface area contributed by atoms with E-state index in [4.69, 9.17) is 5.11 Å². The van der Waals surface area contributed by atoms with Crippen LogP contribution < -0.4 is 0 Å². The Labute approximate surface area is 122 Å². The molecular formula is C15H17N5O. The second-order valence-electron chi connectivity index (χ2n) is 4.82. The Morgan fingerprint density at radius 1 is 1.14 bits per heavy atom. The fourth-order valence-electron chi connectivity index (χ4n) is 2.55. The van der Waals surface area contributed by atoms with Gasteiger partial charge in [-0.3, -0.25) is 14.2 Å². The first-order chi connectivity index (χ1) is 10.2. The molecule has 3 aromatic heterocycles. The molecule has 0 fully saturated rings. The second kappa shape index (κ2) is 5.49. The van der Waals surface area contributed by atoms with Crippen LogP contribution in [0.3, 0.4) is 0 Å². The fourth-order valence-corrected chi connectivity index (χ4v) is 2.55. The molecule has 6 heteroatoms. The standard InChI is InChI=1S/C15H17N5O/c1-11-14(12(2)20(18-11)9-10-21)19-8-7-17-15(19)13-3-5-16-6-4-13/h3-8,21H,9-10H2,1-2H3. The number of hydrogen-bond donors (Lipinski definition) is 1. The van der Waals surface area contributed by atoms with Crippen LogP contribution in [0, 0.1) is 13.8 Å². The summed E-state index contributed by atoms with van der Waals surface area (Å²) in [6.45, 7) is 4.53. The maximum Gasteiger partial charge on any atom is 0.144 e. The van der Waals surface area contributed by atoms with Crippen LogP contribution in [0.5, 0.6) is 0 Å². The van der Waals surface area contributed by atoms with Gasteiger partial charge in [0, 0.05) is 30.4 Å². The van der Waals surface area contributed by atoms with Gasteiger partial charge in [-0.2, -0.15) is 5.10 Å². The molecule has 0 aliphatic carbocycles. The number of imidazole rings is 1. The van der Waals surface area contributed by atoms with E-state index in [1.54, 1.807) is 18.6 Å². The van der Waals surface area contributed by atoms with Crippen molar-refractivity contribution in [3.05, 3.63) is 48.3 Å². The van der Waals surface area contributed by atoms with Gasteiger partial charge in [-0.05, 0) is 26.0 Å². The maximum atomic E-state index is 9.12. The summed E-state index contributed by atoms with van der Waals surface area (Å²) in [5.74, 6) is 0.854.